The highest BCUT2D eigenvalue weighted by molar-refractivity contribution is 9.10. The van der Waals surface area contributed by atoms with Crippen molar-refractivity contribution in [2.24, 2.45) is 0 Å². The zero-order valence-electron chi connectivity index (χ0n) is 11.9. The van der Waals surface area contributed by atoms with Crippen LogP contribution < -0.4 is 10.1 Å². The Bertz CT molecular complexity index is 571. The molecule has 2 aromatic rings. The number of aromatic nitrogens is 1. The number of benzene rings is 1. The van der Waals surface area contributed by atoms with Crippen molar-refractivity contribution in [3.05, 3.63) is 44.3 Å². The lowest BCUT2D eigenvalue weighted by Crippen LogP contribution is -2.17. The molecule has 20 heavy (non-hydrogen) atoms. The molecule has 0 aliphatic rings. The van der Waals surface area contributed by atoms with E-state index in [2.05, 4.69) is 52.2 Å². The number of thiazole rings is 1. The van der Waals surface area contributed by atoms with E-state index in [0.717, 1.165) is 28.2 Å². The fourth-order valence-electron chi connectivity index (χ4n) is 1.86. The second-order valence-corrected chi connectivity index (χ2v) is 6.59. The molecule has 0 aliphatic carbocycles. The van der Waals surface area contributed by atoms with Gasteiger partial charge >= 0.3 is 0 Å². The normalized spacial score (nSPS) is 12.4. The maximum absolute atomic E-state index is 5.23. The number of hydrogen-bond acceptors (Lipinski definition) is 4. The molecule has 5 heteroatoms. The van der Waals surface area contributed by atoms with Gasteiger partial charge in [-0.25, -0.2) is 4.98 Å². The van der Waals surface area contributed by atoms with Crippen LogP contribution in [0.15, 0.2) is 28.9 Å². The number of methoxy groups -OCH3 is 1. The lowest BCUT2D eigenvalue weighted by Gasteiger charge is -2.12. The molecule has 0 radical (unpaired) electrons. The van der Waals surface area contributed by atoms with Crippen LogP contribution in [0.2, 0.25) is 0 Å². The smallest absolute Gasteiger partial charge is 0.133 e. The summed E-state index contributed by atoms with van der Waals surface area (Å²) in [5.41, 5.74) is 1.22. The van der Waals surface area contributed by atoms with Gasteiger partial charge in [0.05, 0.1) is 17.6 Å². The van der Waals surface area contributed by atoms with E-state index in [1.54, 1.807) is 18.4 Å². The van der Waals surface area contributed by atoms with Gasteiger partial charge in [-0.3, -0.25) is 0 Å². The highest BCUT2D eigenvalue weighted by Gasteiger charge is 2.10. The van der Waals surface area contributed by atoms with Crippen LogP contribution in [0.1, 0.15) is 35.3 Å². The lowest BCUT2D eigenvalue weighted by molar-refractivity contribution is 0.412. The van der Waals surface area contributed by atoms with E-state index in [4.69, 9.17) is 4.74 Å². The first-order valence-electron chi connectivity index (χ1n) is 6.64. The summed E-state index contributed by atoms with van der Waals surface area (Å²) in [7, 11) is 1.67. The summed E-state index contributed by atoms with van der Waals surface area (Å²) in [6.07, 6.45) is 3.03. The largest absolute Gasteiger partial charge is 0.496 e. The number of ether oxygens (including phenoxy) is 1. The maximum atomic E-state index is 5.23. The zero-order valence-corrected chi connectivity index (χ0v) is 14.3. The third-order valence-corrected chi connectivity index (χ3v) is 5.06. The molecule has 3 nitrogen and oxygen atoms in total. The molecular weight excluding hydrogens is 336 g/mol. The summed E-state index contributed by atoms with van der Waals surface area (Å²) < 4.78 is 6.22. The standard InChI is InChI=1S/C15H19BrN2OS/c1-4-12-9-18-15(20-12)10(2)17-8-11-5-6-14(19-3)13(16)7-11/h5-7,9-10,17H,4,8H2,1-3H3. The van der Waals surface area contributed by atoms with E-state index >= 15 is 0 Å². The van der Waals surface area contributed by atoms with Crippen molar-refractivity contribution in [2.75, 3.05) is 7.11 Å². The van der Waals surface area contributed by atoms with Crippen molar-refractivity contribution in [1.29, 1.82) is 0 Å². The number of halogens is 1. The highest BCUT2D eigenvalue weighted by Crippen LogP contribution is 2.26. The Morgan fingerprint density at radius 3 is 2.85 bits per heavy atom. The molecule has 1 N–H and O–H groups in total. The first-order chi connectivity index (χ1) is 9.63. The molecule has 108 valence electrons. The monoisotopic (exact) mass is 354 g/mol. The van der Waals surface area contributed by atoms with Crippen molar-refractivity contribution >= 4 is 27.3 Å². The van der Waals surface area contributed by atoms with E-state index in [-0.39, 0.29) is 6.04 Å². The van der Waals surface area contributed by atoms with Crippen molar-refractivity contribution in [3.63, 3.8) is 0 Å². The molecule has 1 unspecified atom stereocenters. The van der Waals surface area contributed by atoms with Crippen LogP contribution in [-0.2, 0) is 13.0 Å². The molecule has 1 atom stereocenters. The Hall–Kier alpha value is -0.910. The van der Waals surface area contributed by atoms with Gasteiger partial charge in [-0.2, -0.15) is 0 Å². The Kier molecular flexibility index (Phi) is 5.57. The van der Waals surface area contributed by atoms with E-state index in [9.17, 15) is 0 Å². The minimum Gasteiger partial charge on any atom is -0.496 e. The van der Waals surface area contributed by atoms with Gasteiger partial charge in [0.1, 0.15) is 10.8 Å². The average molecular weight is 355 g/mol. The van der Waals surface area contributed by atoms with Crippen LogP contribution in [0, 0.1) is 0 Å². The average Bonchev–Trinajstić information content (AvgIpc) is 2.94. The molecule has 0 amide bonds. The number of nitrogens with one attached hydrogen (secondary N) is 1. The summed E-state index contributed by atoms with van der Waals surface area (Å²) in [6, 6.07) is 6.39. The Morgan fingerprint density at radius 1 is 1.45 bits per heavy atom. The number of hydrogen-bond donors (Lipinski definition) is 1. The summed E-state index contributed by atoms with van der Waals surface area (Å²) in [5, 5.41) is 4.65. The van der Waals surface area contributed by atoms with Crippen LogP contribution in [0.5, 0.6) is 5.75 Å². The first-order valence-corrected chi connectivity index (χ1v) is 8.25. The van der Waals surface area contributed by atoms with Gasteiger partial charge in [-0.05, 0) is 47.0 Å². The first kappa shape index (κ1) is 15.5. The van der Waals surface area contributed by atoms with E-state index in [1.807, 2.05) is 12.3 Å². The van der Waals surface area contributed by atoms with Crippen molar-refractivity contribution < 1.29 is 4.74 Å². The molecule has 0 fully saturated rings. The van der Waals surface area contributed by atoms with Gasteiger partial charge in [0, 0.05) is 17.6 Å². The molecule has 1 heterocycles. The van der Waals surface area contributed by atoms with Crippen LogP contribution in [0.25, 0.3) is 0 Å². The van der Waals surface area contributed by atoms with E-state index in [1.165, 1.54) is 10.4 Å². The van der Waals surface area contributed by atoms with E-state index < -0.39 is 0 Å². The highest BCUT2D eigenvalue weighted by atomic mass is 79.9. The van der Waals surface area contributed by atoms with Crippen molar-refractivity contribution in [2.45, 2.75) is 32.9 Å². The SMILES string of the molecule is CCc1cnc(C(C)NCc2ccc(OC)c(Br)c2)s1. The summed E-state index contributed by atoms with van der Waals surface area (Å²) in [5.74, 6) is 0.856. The fourth-order valence-corrected chi connectivity index (χ4v) is 3.34. The van der Waals surface area contributed by atoms with Crippen LogP contribution in [-0.4, -0.2) is 12.1 Å². The molecule has 2 rings (SSSR count). The van der Waals surface area contributed by atoms with Gasteiger partial charge in [0.25, 0.3) is 0 Å². The van der Waals surface area contributed by atoms with Crippen LogP contribution in [0.3, 0.4) is 0 Å². The molecule has 0 saturated heterocycles. The molecule has 0 saturated carbocycles. The number of aryl methyl sites for hydroxylation is 1. The molecule has 0 aliphatic heterocycles. The molecule has 1 aromatic heterocycles. The van der Waals surface area contributed by atoms with E-state index in [0.29, 0.717) is 0 Å². The number of nitrogens with zero attached hydrogens (tertiary/aromatic N) is 1. The minimum absolute atomic E-state index is 0.265. The molecule has 0 spiro atoms. The fraction of sp³-hybridized carbons (Fsp3) is 0.400. The van der Waals surface area contributed by atoms with Gasteiger partial charge in [-0.1, -0.05) is 13.0 Å². The molecule has 0 bridgehead atoms. The van der Waals surface area contributed by atoms with Crippen molar-refractivity contribution in [1.82, 2.24) is 10.3 Å². The summed E-state index contributed by atoms with van der Waals surface area (Å²) in [6.45, 7) is 5.12. The summed E-state index contributed by atoms with van der Waals surface area (Å²) in [4.78, 5) is 5.81. The maximum Gasteiger partial charge on any atom is 0.133 e. The topological polar surface area (TPSA) is 34.2 Å². The third kappa shape index (κ3) is 3.81. The second-order valence-electron chi connectivity index (χ2n) is 4.59. The third-order valence-electron chi connectivity index (χ3n) is 3.12. The van der Waals surface area contributed by atoms with Crippen molar-refractivity contribution in [3.8, 4) is 5.75 Å². The van der Waals surface area contributed by atoms with Crippen LogP contribution >= 0.6 is 27.3 Å². The molecular formula is C15H19BrN2OS. The Balaban J connectivity index is 1.96. The lowest BCUT2D eigenvalue weighted by atomic mass is 10.2. The Labute approximate surface area is 132 Å². The predicted molar refractivity (Wildman–Crippen MR) is 87.4 cm³/mol. The summed E-state index contributed by atoms with van der Waals surface area (Å²) >= 11 is 5.29. The zero-order chi connectivity index (χ0) is 14.5. The van der Waals surface area contributed by atoms with Crippen LogP contribution in [0.4, 0.5) is 0 Å². The van der Waals surface area contributed by atoms with Gasteiger partial charge in [0.15, 0.2) is 0 Å². The minimum atomic E-state index is 0.265. The Morgan fingerprint density at radius 2 is 2.25 bits per heavy atom. The predicted octanol–water partition coefficient (Wildman–Crippen LogP) is 4.33. The van der Waals surface area contributed by atoms with Gasteiger partial charge < -0.3 is 10.1 Å². The quantitative estimate of drug-likeness (QED) is 0.838. The molecule has 1 aromatic carbocycles. The van der Waals surface area contributed by atoms with Gasteiger partial charge in [0.2, 0.25) is 0 Å². The van der Waals surface area contributed by atoms with Gasteiger partial charge in [-0.15, -0.1) is 11.3 Å². The second kappa shape index (κ2) is 7.20. The number of rotatable bonds is 6.